The van der Waals surface area contributed by atoms with Gasteiger partial charge in [0.25, 0.3) is 0 Å². The van der Waals surface area contributed by atoms with Gasteiger partial charge in [-0.15, -0.1) is 0 Å². The van der Waals surface area contributed by atoms with E-state index in [1.54, 1.807) is 0 Å². The molecule has 1 aromatic heterocycles. The van der Waals surface area contributed by atoms with Crippen LogP contribution in [0.25, 0.3) is 0 Å². The number of nitrogens with two attached hydrogens (primary N) is 1. The highest BCUT2D eigenvalue weighted by Gasteiger charge is 2.34. The average molecular weight is 212 g/mol. The van der Waals surface area contributed by atoms with Gasteiger partial charge in [0.05, 0.1) is 0 Å². The normalized spacial score (nSPS) is 32.5. The zero-order valence-corrected chi connectivity index (χ0v) is 9.58. The third-order valence-electron chi connectivity index (χ3n) is 3.31. The lowest BCUT2D eigenvalue weighted by Gasteiger charge is -2.21. The second kappa shape index (κ2) is 3.38. The van der Waals surface area contributed by atoms with Gasteiger partial charge in [0.1, 0.15) is 0 Å². The van der Waals surface area contributed by atoms with Gasteiger partial charge in [0, 0.05) is 24.1 Å². The summed E-state index contributed by atoms with van der Waals surface area (Å²) in [7, 11) is 0. The van der Waals surface area contributed by atoms with Crippen molar-refractivity contribution in [1.29, 1.82) is 0 Å². The molecular formula is C9H16N4S. The summed E-state index contributed by atoms with van der Waals surface area (Å²) in [6, 6.07) is 0.539. The maximum absolute atomic E-state index is 5.52. The molecule has 1 aliphatic heterocycles. The van der Waals surface area contributed by atoms with Crippen LogP contribution in [0, 0.1) is 11.8 Å². The van der Waals surface area contributed by atoms with Gasteiger partial charge in [0.15, 0.2) is 0 Å². The summed E-state index contributed by atoms with van der Waals surface area (Å²) < 4.78 is 4.01. The number of aromatic nitrogens is 2. The molecule has 0 amide bonds. The first-order valence-corrected chi connectivity index (χ1v) is 5.72. The lowest BCUT2D eigenvalue weighted by molar-refractivity contribution is 0.441. The van der Waals surface area contributed by atoms with E-state index in [2.05, 4.69) is 35.0 Å². The van der Waals surface area contributed by atoms with E-state index in [9.17, 15) is 0 Å². The Bertz CT molecular complexity index is 324. The van der Waals surface area contributed by atoms with Gasteiger partial charge in [0.2, 0.25) is 11.1 Å². The van der Waals surface area contributed by atoms with Crippen molar-refractivity contribution in [3.05, 3.63) is 0 Å². The van der Waals surface area contributed by atoms with E-state index in [-0.39, 0.29) is 0 Å². The molecule has 1 fully saturated rings. The van der Waals surface area contributed by atoms with Crippen LogP contribution in [0.4, 0.5) is 11.1 Å². The van der Waals surface area contributed by atoms with Gasteiger partial charge >= 0.3 is 0 Å². The molecule has 0 saturated carbocycles. The van der Waals surface area contributed by atoms with E-state index in [4.69, 9.17) is 5.73 Å². The molecule has 1 saturated heterocycles. The van der Waals surface area contributed by atoms with Crippen molar-refractivity contribution in [2.45, 2.75) is 26.8 Å². The molecule has 0 aliphatic carbocycles. The fourth-order valence-corrected chi connectivity index (χ4v) is 2.69. The van der Waals surface area contributed by atoms with Gasteiger partial charge in [-0.1, -0.05) is 13.8 Å². The third-order valence-corrected chi connectivity index (χ3v) is 4.08. The smallest absolute Gasteiger partial charge is 0.233 e. The van der Waals surface area contributed by atoms with Crippen LogP contribution >= 0.6 is 11.5 Å². The van der Waals surface area contributed by atoms with Gasteiger partial charge in [-0.3, -0.25) is 0 Å². The van der Waals surface area contributed by atoms with Crippen LogP contribution < -0.4 is 10.6 Å². The minimum atomic E-state index is 0.393. The Morgan fingerprint density at radius 3 is 2.57 bits per heavy atom. The van der Waals surface area contributed by atoms with E-state index in [0.29, 0.717) is 17.9 Å². The molecule has 3 unspecified atom stereocenters. The summed E-state index contributed by atoms with van der Waals surface area (Å²) in [5, 5.41) is 0.964. The maximum atomic E-state index is 5.52. The van der Waals surface area contributed by atoms with Crippen molar-refractivity contribution < 1.29 is 0 Å². The summed E-state index contributed by atoms with van der Waals surface area (Å²) in [6.07, 6.45) is 0. The minimum Gasteiger partial charge on any atom is -0.367 e. The molecule has 0 bridgehead atoms. The second-order valence-corrected chi connectivity index (χ2v) is 4.89. The topological polar surface area (TPSA) is 55.0 Å². The molecule has 0 aromatic carbocycles. The zero-order chi connectivity index (χ0) is 10.3. The molecule has 3 atom stereocenters. The van der Waals surface area contributed by atoms with Crippen LogP contribution in [0.1, 0.15) is 20.8 Å². The standard InChI is InChI=1S/C9H16N4S/c1-5-4-13(7(3)6(5)2)9-11-8(10)12-14-9/h5-7H,4H2,1-3H3,(H2,10,12). The highest BCUT2D eigenvalue weighted by Crippen LogP contribution is 2.34. The molecule has 2 rings (SSSR count). The first kappa shape index (κ1) is 9.71. The highest BCUT2D eigenvalue weighted by atomic mass is 32.1. The Morgan fingerprint density at radius 2 is 2.14 bits per heavy atom. The van der Waals surface area contributed by atoms with Gasteiger partial charge in [-0.05, 0) is 18.8 Å². The van der Waals surface area contributed by atoms with E-state index in [0.717, 1.165) is 17.6 Å². The van der Waals surface area contributed by atoms with Crippen LogP contribution in [0.5, 0.6) is 0 Å². The highest BCUT2D eigenvalue weighted by molar-refractivity contribution is 7.09. The lowest BCUT2D eigenvalue weighted by atomic mass is 9.95. The van der Waals surface area contributed by atoms with E-state index < -0.39 is 0 Å². The predicted molar refractivity (Wildman–Crippen MR) is 59.5 cm³/mol. The van der Waals surface area contributed by atoms with Gasteiger partial charge < -0.3 is 10.6 Å². The van der Waals surface area contributed by atoms with Gasteiger partial charge in [-0.25, -0.2) is 0 Å². The molecule has 0 radical (unpaired) electrons. The lowest BCUT2D eigenvalue weighted by Crippen LogP contribution is -2.28. The summed E-state index contributed by atoms with van der Waals surface area (Å²) in [5.74, 6) is 1.82. The summed E-state index contributed by atoms with van der Waals surface area (Å²) >= 11 is 1.39. The SMILES string of the molecule is CC1CN(c2nc(N)ns2)C(C)C1C. The number of hydrogen-bond acceptors (Lipinski definition) is 5. The molecule has 2 N–H and O–H groups in total. The van der Waals surface area contributed by atoms with E-state index in [1.165, 1.54) is 11.5 Å². The van der Waals surface area contributed by atoms with Gasteiger partial charge in [-0.2, -0.15) is 9.36 Å². The average Bonchev–Trinajstić information content (AvgIpc) is 2.66. The molecule has 1 aromatic rings. The molecule has 0 spiro atoms. The number of hydrogen-bond donors (Lipinski definition) is 1. The maximum Gasteiger partial charge on any atom is 0.233 e. The van der Waals surface area contributed by atoms with Crippen LogP contribution in [-0.4, -0.2) is 21.9 Å². The van der Waals surface area contributed by atoms with E-state index >= 15 is 0 Å². The van der Waals surface area contributed by atoms with Crippen LogP contribution in [-0.2, 0) is 0 Å². The number of anilines is 2. The van der Waals surface area contributed by atoms with Crippen LogP contribution in [0.2, 0.25) is 0 Å². The minimum absolute atomic E-state index is 0.393. The fourth-order valence-electron chi connectivity index (χ4n) is 2.00. The van der Waals surface area contributed by atoms with Crippen molar-refractivity contribution in [2.24, 2.45) is 11.8 Å². The third kappa shape index (κ3) is 1.45. The molecule has 14 heavy (non-hydrogen) atoms. The van der Waals surface area contributed by atoms with Crippen LogP contribution in [0.3, 0.4) is 0 Å². The van der Waals surface area contributed by atoms with Crippen molar-refractivity contribution >= 4 is 22.6 Å². The summed E-state index contributed by atoms with van der Waals surface area (Å²) in [4.78, 5) is 6.53. The number of rotatable bonds is 1. The van der Waals surface area contributed by atoms with Crippen molar-refractivity contribution in [3.63, 3.8) is 0 Å². The summed E-state index contributed by atoms with van der Waals surface area (Å²) in [5.41, 5.74) is 5.52. The number of nitrogen functional groups attached to an aromatic ring is 1. The molecule has 78 valence electrons. The first-order chi connectivity index (χ1) is 6.59. The van der Waals surface area contributed by atoms with Crippen molar-refractivity contribution in [2.75, 3.05) is 17.2 Å². The quantitative estimate of drug-likeness (QED) is 0.768. The molecule has 2 heterocycles. The molecule has 5 heteroatoms. The van der Waals surface area contributed by atoms with Crippen LogP contribution in [0.15, 0.2) is 0 Å². The zero-order valence-electron chi connectivity index (χ0n) is 8.77. The first-order valence-electron chi connectivity index (χ1n) is 4.95. The fraction of sp³-hybridized carbons (Fsp3) is 0.778. The number of nitrogens with zero attached hydrogens (tertiary/aromatic N) is 3. The van der Waals surface area contributed by atoms with Crippen molar-refractivity contribution in [1.82, 2.24) is 9.36 Å². The Labute approximate surface area is 88.3 Å². The predicted octanol–water partition coefficient (Wildman–Crippen LogP) is 1.60. The van der Waals surface area contributed by atoms with Crippen molar-refractivity contribution in [3.8, 4) is 0 Å². The Kier molecular flexibility index (Phi) is 2.34. The molecular weight excluding hydrogens is 196 g/mol. The van der Waals surface area contributed by atoms with E-state index in [1.807, 2.05) is 0 Å². The Hall–Kier alpha value is -0.840. The summed E-state index contributed by atoms with van der Waals surface area (Å²) in [6.45, 7) is 7.88. The largest absolute Gasteiger partial charge is 0.367 e. The molecule has 4 nitrogen and oxygen atoms in total. The molecule has 1 aliphatic rings. The Balaban J connectivity index is 2.20. The second-order valence-electron chi connectivity index (χ2n) is 4.16. The Morgan fingerprint density at radius 1 is 1.43 bits per heavy atom. The monoisotopic (exact) mass is 212 g/mol.